The first kappa shape index (κ1) is 16.3. The van der Waals surface area contributed by atoms with Crippen molar-refractivity contribution in [1.29, 1.82) is 0 Å². The Morgan fingerprint density at radius 3 is 2.65 bits per heavy atom. The Morgan fingerprint density at radius 1 is 1.30 bits per heavy atom. The van der Waals surface area contributed by atoms with Crippen LogP contribution in [0.4, 0.5) is 13.2 Å². The van der Waals surface area contributed by atoms with Gasteiger partial charge >= 0.3 is 6.18 Å². The van der Waals surface area contributed by atoms with Crippen molar-refractivity contribution in [3.8, 4) is 0 Å². The fourth-order valence-corrected chi connectivity index (χ4v) is 3.16. The second-order valence-corrected chi connectivity index (χ2v) is 6.19. The molecule has 0 aliphatic carbocycles. The number of nitrogens with zero attached hydrogens (tertiary/aromatic N) is 2. The standard InChI is InChI=1S/C16H19F3N2O2/c17-16(18,19)12-4-1-3-11(7-12)14-8-13(22)9-21(14)10-15(23)20-5-2-6-20/h1,3-4,7,13-14,22H,2,5-6,8-10H2/t13-,14+/m1/s1. The summed E-state index contributed by atoms with van der Waals surface area (Å²) >= 11 is 0. The first-order valence-corrected chi connectivity index (χ1v) is 7.71. The Bertz CT molecular complexity index is 587. The van der Waals surface area contributed by atoms with Gasteiger partial charge in [0.2, 0.25) is 5.91 Å². The third-order valence-electron chi connectivity index (χ3n) is 4.53. The Labute approximate surface area is 132 Å². The fraction of sp³-hybridized carbons (Fsp3) is 0.562. The lowest BCUT2D eigenvalue weighted by molar-refractivity contribution is -0.138. The Morgan fingerprint density at radius 2 is 2.04 bits per heavy atom. The molecule has 4 nitrogen and oxygen atoms in total. The van der Waals surface area contributed by atoms with Crippen LogP contribution in [0, 0.1) is 0 Å². The van der Waals surface area contributed by atoms with E-state index in [0.717, 1.165) is 31.6 Å². The third kappa shape index (κ3) is 3.50. The summed E-state index contributed by atoms with van der Waals surface area (Å²) in [6.45, 7) is 1.92. The SMILES string of the molecule is O=C(CN1C[C@H](O)C[C@H]1c1cccc(C(F)(F)F)c1)N1CCC1. The minimum atomic E-state index is -4.40. The van der Waals surface area contributed by atoms with Crippen LogP contribution in [0.25, 0.3) is 0 Å². The largest absolute Gasteiger partial charge is 0.416 e. The highest BCUT2D eigenvalue weighted by Crippen LogP contribution is 2.36. The van der Waals surface area contributed by atoms with Crippen LogP contribution in [0.2, 0.25) is 0 Å². The zero-order valence-corrected chi connectivity index (χ0v) is 12.6. The molecule has 0 bridgehead atoms. The molecule has 2 aliphatic rings. The van der Waals surface area contributed by atoms with Crippen molar-refractivity contribution in [3.05, 3.63) is 35.4 Å². The van der Waals surface area contributed by atoms with Gasteiger partial charge in [-0.15, -0.1) is 0 Å². The van der Waals surface area contributed by atoms with Gasteiger partial charge in [0.1, 0.15) is 0 Å². The summed E-state index contributed by atoms with van der Waals surface area (Å²) in [6.07, 6.45) is -3.69. The molecule has 23 heavy (non-hydrogen) atoms. The van der Waals surface area contributed by atoms with E-state index in [2.05, 4.69) is 0 Å². The number of likely N-dealkylation sites (tertiary alicyclic amines) is 2. The molecule has 0 spiro atoms. The van der Waals surface area contributed by atoms with Gasteiger partial charge in [-0.05, 0) is 30.5 Å². The summed E-state index contributed by atoms with van der Waals surface area (Å²) in [5, 5.41) is 9.89. The van der Waals surface area contributed by atoms with Crippen molar-refractivity contribution in [2.75, 3.05) is 26.2 Å². The summed E-state index contributed by atoms with van der Waals surface area (Å²) in [5.74, 6) is -0.0256. The Balaban J connectivity index is 1.77. The van der Waals surface area contributed by atoms with E-state index < -0.39 is 17.8 Å². The van der Waals surface area contributed by atoms with Gasteiger partial charge in [0.15, 0.2) is 0 Å². The van der Waals surface area contributed by atoms with Crippen molar-refractivity contribution in [3.63, 3.8) is 0 Å². The second-order valence-electron chi connectivity index (χ2n) is 6.19. The number of benzene rings is 1. The van der Waals surface area contributed by atoms with E-state index in [-0.39, 0.29) is 18.5 Å². The van der Waals surface area contributed by atoms with Crippen LogP contribution in [-0.4, -0.2) is 53.1 Å². The molecular formula is C16H19F3N2O2. The van der Waals surface area contributed by atoms with Gasteiger partial charge in [-0.1, -0.05) is 12.1 Å². The van der Waals surface area contributed by atoms with Crippen molar-refractivity contribution >= 4 is 5.91 Å². The van der Waals surface area contributed by atoms with Crippen LogP contribution >= 0.6 is 0 Å². The number of carbonyl (C=O) groups is 1. The molecule has 2 aliphatic heterocycles. The van der Waals surface area contributed by atoms with Crippen molar-refractivity contribution in [2.24, 2.45) is 0 Å². The van der Waals surface area contributed by atoms with Crippen LogP contribution < -0.4 is 0 Å². The monoisotopic (exact) mass is 328 g/mol. The molecule has 1 aromatic carbocycles. The predicted molar refractivity (Wildman–Crippen MR) is 77.6 cm³/mol. The Hall–Kier alpha value is -1.60. The minimum absolute atomic E-state index is 0.0256. The second kappa shape index (κ2) is 6.13. The molecule has 0 saturated carbocycles. The molecule has 2 saturated heterocycles. The minimum Gasteiger partial charge on any atom is -0.392 e. The van der Waals surface area contributed by atoms with Gasteiger partial charge in [0.25, 0.3) is 0 Å². The molecule has 126 valence electrons. The van der Waals surface area contributed by atoms with Gasteiger partial charge in [0, 0.05) is 25.7 Å². The van der Waals surface area contributed by atoms with Crippen LogP contribution in [0.3, 0.4) is 0 Å². The van der Waals surface area contributed by atoms with Crippen molar-refractivity contribution in [1.82, 2.24) is 9.80 Å². The maximum Gasteiger partial charge on any atom is 0.416 e. The number of amides is 1. The zero-order chi connectivity index (χ0) is 16.6. The molecule has 1 amide bonds. The highest BCUT2D eigenvalue weighted by molar-refractivity contribution is 5.79. The predicted octanol–water partition coefficient (Wildman–Crippen LogP) is 2.05. The smallest absolute Gasteiger partial charge is 0.392 e. The molecule has 1 N–H and O–H groups in total. The van der Waals surface area contributed by atoms with Gasteiger partial charge in [0.05, 0.1) is 18.2 Å². The molecule has 2 heterocycles. The van der Waals surface area contributed by atoms with E-state index in [9.17, 15) is 23.1 Å². The topological polar surface area (TPSA) is 43.8 Å². The molecule has 3 rings (SSSR count). The number of alkyl halides is 3. The van der Waals surface area contributed by atoms with E-state index in [1.54, 1.807) is 15.9 Å². The van der Waals surface area contributed by atoms with Crippen molar-refractivity contribution in [2.45, 2.75) is 31.2 Å². The number of aliphatic hydroxyl groups is 1. The molecule has 2 fully saturated rings. The number of aliphatic hydroxyl groups excluding tert-OH is 1. The van der Waals surface area contributed by atoms with E-state index in [4.69, 9.17) is 0 Å². The Kier molecular flexibility index (Phi) is 4.33. The third-order valence-corrected chi connectivity index (χ3v) is 4.53. The molecule has 2 atom stereocenters. The fourth-order valence-electron chi connectivity index (χ4n) is 3.16. The average Bonchev–Trinajstić information content (AvgIpc) is 2.76. The maximum atomic E-state index is 12.9. The van der Waals surface area contributed by atoms with Gasteiger partial charge < -0.3 is 10.0 Å². The van der Waals surface area contributed by atoms with E-state index >= 15 is 0 Å². The highest BCUT2D eigenvalue weighted by atomic mass is 19.4. The lowest BCUT2D eigenvalue weighted by Crippen LogP contribution is -2.47. The normalized spacial score (nSPS) is 25.5. The summed E-state index contributed by atoms with van der Waals surface area (Å²) in [6, 6.07) is 4.78. The number of halogens is 3. The average molecular weight is 328 g/mol. The lowest BCUT2D eigenvalue weighted by atomic mass is 10.0. The molecule has 7 heteroatoms. The molecule has 0 aromatic heterocycles. The molecule has 0 unspecified atom stereocenters. The number of β-amino-alcohol motifs (C(OH)–C–C–N with tert-alkyl or cyclic N) is 1. The first-order valence-electron chi connectivity index (χ1n) is 7.71. The van der Waals surface area contributed by atoms with Crippen LogP contribution in [-0.2, 0) is 11.0 Å². The molecule has 1 aromatic rings. The number of hydrogen-bond acceptors (Lipinski definition) is 3. The van der Waals surface area contributed by atoms with E-state index in [0.29, 0.717) is 18.5 Å². The van der Waals surface area contributed by atoms with Crippen LogP contribution in [0.5, 0.6) is 0 Å². The van der Waals surface area contributed by atoms with E-state index in [1.807, 2.05) is 0 Å². The van der Waals surface area contributed by atoms with Crippen LogP contribution in [0.1, 0.15) is 30.0 Å². The lowest BCUT2D eigenvalue weighted by Gasteiger charge is -2.33. The van der Waals surface area contributed by atoms with Gasteiger partial charge in [-0.2, -0.15) is 13.2 Å². The van der Waals surface area contributed by atoms with Gasteiger partial charge in [-0.3, -0.25) is 9.69 Å². The first-order chi connectivity index (χ1) is 10.8. The summed E-state index contributed by atoms with van der Waals surface area (Å²) in [7, 11) is 0. The number of hydrogen-bond donors (Lipinski definition) is 1. The van der Waals surface area contributed by atoms with Gasteiger partial charge in [-0.25, -0.2) is 0 Å². The number of carbonyl (C=O) groups excluding carboxylic acids is 1. The summed E-state index contributed by atoms with van der Waals surface area (Å²) < 4.78 is 38.6. The molecular weight excluding hydrogens is 309 g/mol. The maximum absolute atomic E-state index is 12.9. The van der Waals surface area contributed by atoms with E-state index in [1.165, 1.54) is 6.07 Å². The number of rotatable bonds is 3. The van der Waals surface area contributed by atoms with Crippen LogP contribution in [0.15, 0.2) is 24.3 Å². The highest BCUT2D eigenvalue weighted by Gasteiger charge is 2.36. The van der Waals surface area contributed by atoms with Crippen molar-refractivity contribution < 1.29 is 23.1 Å². The summed E-state index contributed by atoms with van der Waals surface area (Å²) in [4.78, 5) is 15.6. The molecule has 0 radical (unpaired) electrons. The summed E-state index contributed by atoms with van der Waals surface area (Å²) in [5.41, 5.74) is -0.210. The zero-order valence-electron chi connectivity index (χ0n) is 12.6. The quantitative estimate of drug-likeness (QED) is 0.923.